The maximum atomic E-state index is 12.8. The lowest BCUT2D eigenvalue weighted by molar-refractivity contribution is -0.0504. The largest absolute Gasteiger partial charge is 0.435 e. The molecule has 3 aromatic rings. The van der Waals surface area contributed by atoms with Crippen molar-refractivity contribution in [2.45, 2.75) is 23.2 Å². The van der Waals surface area contributed by atoms with Crippen molar-refractivity contribution in [1.29, 1.82) is 0 Å². The zero-order valence-electron chi connectivity index (χ0n) is 13.6. The van der Waals surface area contributed by atoms with Gasteiger partial charge in [0.1, 0.15) is 5.75 Å². The summed E-state index contributed by atoms with van der Waals surface area (Å²) in [5.74, 6) is 0.227. The molecule has 0 bridgehead atoms. The SMILES string of the molecule is FC(F)Oc1ccccc1[C@@H]1CC(c2cccs2)=Nc2ccccc2S1. The van der Waals surface area contributed by atoms with Crippen LogP contribution in [0.3, 0.4) is 0 Å². The highest BCUT2D eigenvalue weighted by Crippen LogP contribution is 2.48. The van der Waals surface area contributed by atoms with Crippen LogP contribution in [0.4, 0.5) is 14.5 Å². The van der Waals surface area contributed by atoms with Crippen LogP contribution in [0.15, 0.2) is 75.9 Å². The molecule has 1 aromatic heterocycles. The van der Waals surface area contributed by atoms with E-state index in [-0.39, 0.29) is 11.0 Å². The summed E-state index contributed by atoms with van der Waals surface area (Å²) < 4.78 is 30.4. The number of halogens is 2. The molecule has 0 saturated carbocycles. The minimum absolute atomic E-state index is 0.0607. The van der Waals surface area contributed by atoms with Crippen LogP contribution in [0.25, 0.3) is 0 Å². The van der Waals surface area contributed by atoms with Crippen molar-refractivity contribution in [2.24, 2.45) is 4.99 Å². The second-order valence-corrected chi connectivity index (χ2v) is 7.92. The van der Waals surface area contributed by atoms with Gasteiger partial charge in [0.25, 0.3) is 0 Å². The first-order chi connectivity index (χ1) is 12.7. The van der Waals surface area contributed by atoms with Crippen LogP contribution in [0, 0.1) is 0 Å². The third kappa shape index (κ3) is 3.66. The van der Waals surface area contributed by atoms with Crippen molar-refractivity contribution < 1.29 is 13.5 Å². The predicted molar refractivity (Wildman–Crippen MR) is 103 cm³/mol. The van der Waals surface area contributed by atoms with Crippen LogP contribution in [-0.2, 0) is 0 Å². The number of benzene rings is 2. The summed E-state index contributed by atoms with van der Waals surface area (Å²) in [6.45, 7) is -2.84. The van der Waals surface area contributed by atoms with Gasteiger partial charge in [0.15, 0.2) is 0 Å². The van der Waals surface area contributed by atoms with Crippen molar-refractivity contribution in [2.75, 3.05) is 0 Å². The minimum atomic E-state index is -2.84. The molecule has 4 rings (SSSR count). The second-order valence-electron chi connectivity index (χ2n) is 5.73. The third-order valence-corrected chi connectivity index (χ3v) is 6.28. The summed E-state index contributed by atoms with van der Waals surface area (Å²) in [5.41, 5.74) is 2.64. The van der Waals surface area contributed by atoms with E-state index in [1.807, 2.05) is 53.9 Å². The number of ether oxygens (including phenoxy) is 1. The first kappa shape index (κ1) is 17.2. The summed E-state index contributed by atoms with van der Waals surface area (Å²) in [5, 5.41) is 1.96. The molecule has 26 heavy (non-hydrogen) atoms. The van der Waals surface area contributed by atoms with E-state index < -0.39 is 6.61 Å². The summed E-state index contributed by atoms with van der Waals surface area (Å²) >= 11 is 3.27. The molecule has 132 valence electrons. The van der Waals surface area contributed by atoms with Gasteiger partial charge in [0.2, 0.25) is 0 Å². The Morgan fingerprint density at radius 3 is 2.62 bits per heavy atom. The van der Waals surface area contributed by atoms with Crippen LogP contribution in [-0.4, -0.2) is 12.3 Å². The normalized spacial score (nSPS) is 16.7. The van der Waals surface area contributed by atoms with Crippen molar-refractivity contribution in [1.82, 2.24) is 0 Å². The average molecular weight is 387 g/mol. The van der Waals surface area contributed by atoms with Gasteiger partial charge >= 0.3 is 6.61 Å². The van der Waals surface area contributed by atoms with E-state index in [0.29, 0.717) is 6.42 Å². The standard InChI is InChI=1S/C20H15F2NOS2/c21-20(22)24-16-8-3-1-6-13(16)19-12-15(17-10-5-11-25-17)23-14-7-2-4-9-18(14)26-19/h1-11,19-20H,12H2/t19-/m0/s1. The molecule has 0 amide bonds. The number of hydrogen-bond acceptors (Lipinski definition) is 4. The Kier molecular flexibility index (Phi) is 5.04. The number of thioether (sulfide) groups is 1. The van der Waals surface area contributed by atoms with Gasteiger partial charge in [0, 0.05) is 27.0 Å². The lowest BCUT2D eigenvalue weighted by atomic mass is 10.0. The average Bonchev–Trinajstić information content (AvgIpc) is 3.09. The molecule has 1 aliphatic rings. The van der Waals surface area contributed by atoms with Crippen LogP contribution in [0.1, 0.15) is 22.1 Å². The molecule has 0 fully saturated rings. The molecule has 6 heteroatoms. The number of rotatable bonds is 4. The van der Waals surface area contributed by atoms with Gasteiger partial charge in [-0.1, -0.05) is 36.4 Å². The van der Waals surface area contributed by atoms with Crippen molar-refractivity contribution in [3.8, 4) is 5.75 Å². The Hall–Kier alpha value is -2.18. The van der Waals surface area contributed by atoms with E-state index in [2.05, 4.69) is 0 Å². The smallest absolute Gasteiger partial charge is 0.387 e. The fraction of sp³-hybridized carbons (Fsp3) is 0.150. The highest BCUT2D eigenvalue weighted by molar-refractivity contribution is 7.99. The summed E-state index contributed by atoms with van der Waals surface area (Å²) in [6.07, 6.45) is 0.642. The van der Waals surface area contributed by atoms with E-state index in [9.17, 15) is 8.78 Å². The number of thiophene rings is 1. The maximum absolute atomic E-state index is 12.8. The zero-order valence-corrected chi connectivity index (χ0v) is 15.3. The number of hydrogen-bond donors (Lipinski definition) is 0. The van der Waals surface area contributed by atoms with Crippen LogP contribution >= 0.6 is 23.1 Å². The number of nitrogens with zero attached hydrogens (tertiary/aromatic N) is 1. The third-order valence-electron chi connectivity index (χ3n) is 4.06. The van der Waals surface area contributed by atoms with E-state index in [1.54, 1.807) is 35.2 Å². The number of aliphatic imine (C=N–C) groups is 1. The van der Waals surface area contributed by atoms with Crippen molar-refractivity contribution in [3.63, 3.8) is 0 Å². The fourth-order valence-electron chi connectivity index (χ4n) is 2.93. The second kappa shape index (κ2) is 7.60. The number of fused-ring (bicyclic) bond motifs is 1. The van der Waals surface area contributed by atoms with E-state index >= 15 is 0 Å². The molecule has 1 aliphatic heterocycles. The molecule has 2 aromatic carbocycles. The summed E-state index contributed by atoms with van der Waals surface area (Å²) in [4.78, 5) is 7.00. The first-order valence-electron chi connectivity index (χ1n) is 8.11. The molecule has 0 saturated heterocycles. The predicted octanol–water partition coefficient (Wildman–Crippen LogP) is 6.71. The van der Waals surface area contributed by atoms with E-state index in [4.69, 9.17) is 9.73 Å². The van der Waals surface area contributed by atoms with Crippen LogP contribution in [0.5, 0.6) is 5.75 Å². The van der Waals surface area contributed by atoms with Crippen molar-refractivity contribution in [3.05, 3.63) is 76.5 Å². The molecule has 2 nitrogen and oxygen atoms in total. The Morgan fingerprint density at radius 1 is 1.00 bits per heavy atom. The Morgan fingerprint density at radius 2 is 1.81 bits per heavy atom. The highest BCUT2D eigenvalue weighted by Gasteiger charge is 2.25. The Labute approximate surface area is 158 Å². The first-order valence-corrected chi connectivity index (χ1v) is 9.87. The topological polar surface area (TPSA) is 21.6 Å². The Bertz CT molecular complexity index is 925. The molecule has 1 atom stereocenters. The maximum Gasteiger partial charge on any atom is 0.387 e. The molecule has 0 spiro atoms. The lowest BCUT2D eigenvalue weighted by Gasteiger charge is -2.19. The zero-order chi connectivity index (χ0) is 17.9. The molecular formula is C20H15F2NOS2. The Balaban J connectivity index is 1.78. The van der Waals surface area contributed by atoms with E-state index in [1.165, 1.54) is 0 Å². The summed E-state index contributed by atoms with van der Waals surface area (Å²) in [7, 11) is 0. The quantitative estimate of drug-likeness (QED) is 0.496. The molecule has 0 N–H and O–H groups in total. The van der Waals surface area contributed by atoms with Gasteiger partial charge in [-0.2, -0.15) is 8.78 Å². The monoisotopic (exact) mass is 387 g/mol. The highest BCUT2D eigenvalue weighted by atomic mass is 32.2. The molecule has 0 radical (unpaired) electrons. The summed E-state index contributed by atoms with van der Waals surface area (Å²) in [6, 6.07) is 19.0. The van der Waals surface area contributed by atoms with Gasteiger partial charge in [-0.15, -0.1) is 23.1 Å². The molecular weight excluding hydrogens is 372 g/mol. The molecule has 2 heterocycles. The fourth-order valence-corrected chi connectivity index (χ4v) is 4.92. The number of para-hydroxylation sites is 2. The minimum Gasteiger partial charge on any atom is -0.435 e. The lowest BCUT2D eigenvalue weighted by Crippen LogP contribution is -2.08. The van der Waals surface area contributed by atoms with Gasteiger partial charge < -0.3 is 4.74 Å². The van der Waals surface area contributed by atoms with Crippen LogP contribution < -0.4 is 4.74 Å². The van der Waals surface area contributed by atoms with Gasteiger partial charge in [-0.3, -0.25) is 4.99 Å². The van der Waals surface area contributed by atoms with E-state index in [0.717, 1.165) is 26.7 Å². The number of alkyl halides is 2. The van der Waals surface area contributed by atoms with Gasteiger partial charge in [0.05, 0.1) is 11.4 Å². The van der Waals surface area contributed by atoms with Crippen molar-refractivity contribution >= 4 is 34.5 Å². The van der Waals surface area contributed by atoms with Gasteiger partial charge in [-0.05, 0) is 29.6 Å². The molecule has 0 unspecified atom stereocenters. The van der Waals surface area contributed by atoms with Crippen LogP contribution in [0.2, 0.25) is 0 Å². The molecule has 0 aliphatic carbocycles. The van der Waals surface area contributed by atoms with Gasteiger partial charge in [-0.25, -0.2) is 0 Å².